The van der Waals surface area contributed by atoms with Gasteiger partial charge in [0.2, 0.25) is 0 Å². The molecule has 2 rings (SSSR count). The maximum Gasteiger partial charge on any atom is 0.168 e. The van der Waals surface area contributed by atoms with Gasteiger partial charge in [-0.15, -0.1) is 5.10 Å². The fourth-order valence-corrected chi connectivity index (χ4v) is 2.84. The summed E-state index contributed by atoms with van der Waals surface area (Å²) in [5, 5.41) is 15.5. The minimum absolute atomic E-state index is 0.212. The molecular formula is C12H23N5. The average Bonchev–Trinajstić information content (AvgIpc) is 2.86. The zero-order valence-corrected chi connectivity index (χ0v) is 11.1. The molecule has 1 aliphatic rings. The molecule has 0 radical (unpaired) electrons. The fraction of sp³-hybridized carbons (Fsp3) is 0.917. The lowest BCUT2D eigenvalue weighted by Crippen LogP contribution is -2.28. The van der Waals surface area contributed by atoms with Gasteiger partial charge < -0.3 is 5.32 Å². The summed E-state index contributed by atoms with van der Waals surface area (Å²) >= 11 is 0. The van der Waals surface area contributed by atoms with Crippen LogP contribution >= 0.6 is 0 Å². The van der Waals surface area contributed by atoms with Gasteiger partial charge in [-0.2, -0.15) is 0 Å². The topological polar surface area (TPSA) is 55.6 Å². The number of tetrazole rings is 1. The predicted molar refractivity (Wildman–Crippen MR) is 66.6 cm³/mol. The van der Waals surface area contributed by atoms with Crippen LogP contribution in [0, 0.1) is 5.92 Å². The van der Waals surface area contributed by atoms with Gasteiger partial charge in [0.1, 0.15) is 0 Å². The van der Waals surface area contributed by atoms with E-state index in [4.69, 9.17) is 0 Å². The summed E-state index contributed by atoms with van der Waals surface area (Å²) < 4.78 is 2.06. The molecule has 1 fully saturated rings. The van der Waals surface area contributed by atoms with Crippen LogP contribution in [0.15, 0.2) is 0 Å². The fourth-order valence-electron chi connectivity index (χ4n) is 2.84. The number of hydrogen-bond acceptors (Lipinski definition) is 4. The monoisotopic (exact) mass is 237 g/mol. The largest absolute Gasteiger partial charge is 0.311 e. The van der Waals surface area contributed by atoms with Crippen molar-refractivity contribution in [3.63, 3.8) is 0 Å². The van der Waals surface area contributed by atoms with Crippen LogP contribution in [0.1, 0.15) is 63.9 Å². The van der Waals surface area contributed by atoms with Crippen LogP contribution < -0.4 is 5.32 Å². The third-order valence-corrected chi connectivity index (χ3v) is 4.05. The van der Waals surface area contributed by atoms with Gasteiger partial charge in [-0.1, -0.05) is 26.2 Å². The molecule has 96 valence electrons. The smallest absolute Gasteiger partial charge is 0.168 e. The molecule has 0 aliphatic heterocycles. The first-order valence-corrected chi connectivity index (χ1v) is 6.73. The third kappa shape index (κ3) is 2.49. The van der Waals surface area contributed by atoms with E-state index in [9.17, 15) is 0 Å². The Morgan fingerprint density at radius 2 is 2.18 bits per heavy atom. The number of nitrogens with one attached hydrogen (secondary N) is 1. The highest BCUT2D eigenvalue weighted by molar-refractivity contribution is 4.93. The summed E-state index contributed by atoms with van der Waals surface area (Å²) in [5.74, 6) is 1.70. The minimum atomic E-state index is 0.212. The summed E-state index contributed by atoms with van der Waals surface area (Å²) in [7, 11) is 1.95. The van der Waals surface area contributed by atoms with Gasteiger partial charge in [0.25, 0.3) is 0 Å². The molecule has 3 atom stereocenters. The Morgan fingerprint density at radius 3 is 2.88 bits per heavy atom. The molecule has 0 spiro atoms. The standard InChI is InChI=1S/C12H23N5/c1-4-10-7-5-6-8-11(10)17-12(9(2)13-3)14-15-16-17/h9-11,13H,4-8H2,1-3H3. The lowest BCUT2D eigenvalue weighted by atomic mass is 9.83. The van der Waals surface area contributed by atoms with Crippen molar-refractivity contribution in [2.45, 2.75) is 58.0 Å². The van der Waals surface area contributed by atoms with E-state index in [0.717, 1.165) is 11.7 Å². The summed E-state index contributed by atoms with van der Waals surface area (Å²) in [6, 6.07) is 0.707. The highest BCUT2D eigenvalue weighted by Gasteiger charge is 2.29. The molecule has 1 aliphatic carbocycles. The Labute approximate surface area is 103 Å². The van der Waals surface area contributed by atoms with Crippen LogP contribution in [0.3, 0.4) is 0 Å². The van der Waals surface area contributed by atoms with E-state index in [0.29, 0.717) is 6.04 Å². The van der Waals surface area contributed by atoms with Crippen molar-refractivity contribution in [3.05, 3.63) is 5.82 Å². The number of rotatable bonds is 4. The molecule has 1 aromatic rings. The zero-order chi connectivity index (χ0) is 12.3. The van der Waals surface area contributed by atoms with E-state index < -0.39 is 0 Å². The van der Waals surface area contributed by atoms with E-state index in [1.807, 2.05) is 7.05 Å². The number of aromatic nitrogens is 4. The van der Waals surface area contributed by atoms with Crippen molar-refractivity contribution < 1.29 is 0 Å². The second-order valence-electron chi connectivity index (χ2n) is 5.01. The molecule has 0 bridgehead atoms. The predicted octanol–water partition coefficient (Wildman–Crippen LogP) is 2.09. The summed E-state index contributed by atoms with van der Waals surface area (Å²) in [4.78, 5) is 0. The minimum Gasteiger partial charge on any atom is -0.311 e. The van der Waals surface area contributed by atoms with Gasteiger partial charge in [0.15, 0.2) is 5.82 Å². The molecular weight excluding hydrogens is 214 g/mol. The first-order valence-electron chi connectivity index (χ1n) is 6.73. The average molecular weight is 237 g/mol. The summed E-state index contributed by atoms with van der Waals surface area (Å²) in [5.41, 5.74) is 0. The highest BCUT2D eigenvalue weighted by atomic mass is 15.6. The van der Waals surface area contributed by atoms with Gasteiger partial charge in [-0.3, -0.25) is 0 Å². The molecule has 5 heteroatoms. The normalized spacial score (nSPS) is 27.0. The molecule has 1 aromatic heterocycles. The summed E-state index contributed by atoms with van der Waals surface area (Å²) in [6.07, 6.45) is 6.40. The first kappa shape index (κ1) is 12.5. The number of hydrogen-bond donors (Lipinski definition) is 1. The van der Waals surface area contributed by atoms with E-state index in [1.54, 1.807) is 0 Å². The molecule has 1 N–H and O–H groups in total. The van der Waals surface area contributed by atoms with E-state index in [1.165, 1.54) is 32.1 Å². The molecule has 1 heterocycles. The Morgan fingerprint density at radius 1 is 1.41 bits per heavy atom. The number of nitrogens with zero attached hydrogens (tertiary/aromatic N) is 4. The van der Waals surface area contributed by atoms with Crippen LogP contribution in [-0.2, 0) is 0 Å². The van der Waals surface area contributed by atoms with Crippen molar-refractivity contribution in [2.24, 2.45) is 5.92 Å². The van der Waals surface area contributed by atoms with Crippen LogP contribution in [0.5, 0.6) is 0 Å². The molecule has 17 heavy (non-hydrogen) atoms. The molecule has 3 unspecified atom stereocenters. The van der Waals surface area contributed by atoms with Gasteiger partial charge in [-0.05, 0) is 43.2 Å². The van der Waals surface area contributed by atoms with Gasteiger partial charge >= 0.3 is 0 Å². The quantitative estimate of drug-likeness (QED) is 0.871. The van der Waals surface area contributed by atoms with Crippen LogP contribution in [-0.4, -0.2) is 27.3 Å². The van der Waals surface area contributed by atoms with Gasteiger partial charge in [0, 0.05) is 0 Å². The molecule has 5 nitrogen and oxygen atoms in total. The Balaban J connectivity index is 2.22. The lowest BCUT2D eigenvalue weighted by Gasteiger charge is -2.31. The van der Waals surface area contributed by atoms with Crippen LogP contribution in [0.25, 0.3) is 0 Å². The maximum absolute atomic E-state index is 4.22. The maximum atomic E-state index is 4.22. The van der Waals surface area contributed by atoms with E-state index in [2.05, 4.69) is 39.4 Å². The SMILES string of the molecule is CCC1CCCCC1n1nnnc1C(C)NC. The van der Waals surface area contributed by atoms with E-state index >= 15 is 0 Å². The Hall–Kier alpha value is -0.970. The van der Waals surface area contributed by atoms with Gasteiger partial charge in [0.05, 0.1) is 12.1 Å². The first-order chi connectivity index (χ1) is 8.27. The van der Waals surface area contributed by atoms with Crippen LogP contribution in [0.2, 0.25) is 0 Å². The van der Waals surface area contributed by atoms with E-state index in [-0.39, 0.29) is 6.04 Å². The Kier molecular flexibility index (Phi) is 4.10. The summed E-state index contributed by atoms with van der Waals surface area (Å²) in [6.45, 7) is 4.38. The van der Waals surface area contributed by atoms with Crippen LogP contribution in [0.4, 0.5) is 0 Å². The van der Waals surface area contributed by atoms with Crippen molar-refractivity contribution >= 4 is 0 Å². The lowest BCUT2D eigenvalue weighted by molar-refractivity contribution is 0.207. The van der Waals surface area contributed by atoms with Crippen molar-refractivity contribution in [1.29, 1.82) is 0 Å². The Bertz CT molecular complexity index is 348. The second kappa shape index (κ2) is 5.58. The highest BCUT2D eigenvalue weighted by Crippen LogP contribution is 2.36. The molecule has 0 amide bonds. The molecule has 0 aromatic carbocycles. The third-order valence-electron chi connectivity index (χ3n) is 4.05. The zero-order valence-electron chi connectivity index (χ0n) is 11.1. The van der Waals surface area contributed by atoms with Crippen molar-refractivity contribution in [2.75, 3.05) is 7.05 Å². The van der Waals surface area contributed by atoms with Crippen molar-refractivity contribution in [1.82, 2.24) is 25.5 Å². The van der Waals surface area contributed by atoms with Crippen molar-refractivity contribution in [3.8, 4) is 0 Å². The molecule has 1 saturated carbocycles. The second-order valence-corrected chi connectivity index (χ2v) is 5.01. The van der Waals surface area contributed by atoms with Gasteiger partial charge in [-0.25, -0.2) is 4.68 Å². The molecule has 0 saturated heterocycles.